The maximum Gasteiger partial charge on any atom is 0.220 e. The summed E-state index contributed by atoms with van der Waals surface area (Å²) < 4.78 is 0. The molecule has 2 heterocycles. The van der Waals surface area contributed by atoms with Gasteiger partial charge >= 0.3 is 0 Å². The molecule has 1 aromatic rings. The molecule has 1 aliphatic carbocycles. The molecule has 114 valence electrons. The first kappa shape index (κ1) is 14.4. The van der Waals surface area contributed by atoms with Crippen LogP contribution in [0.15, 0.2) is 24.4 Å². The Labute approximate surface area is 126 Å². The Morgan fingerprint density at radius 1 is 1.24 bits per heavy atom. The van der Waals surface area contributed by atoms with E-state index < -0.39 is 0 Å². The van der Waals surface area contributed by atoms with Gasteiger partial charge in [-0.25, -0.2) is 4.98 Å². The monoisotopic (exact) mass is 287 g/mol. The second-order valence-corrected chi connectivity index (χ2v) is 6.40. The number of pyridine rings is 1. The van der Waals surface area contributed by atoms with E-state index in [0.717, 1.165) is 38.2 Å². The van der Waals surface area contributed by atoms with Crippen LogP contribution in [-0.2, 0) is 4.79 Å². The summed E-state index contributed by atoms with van der Waals surface area (Å²) in [4.78, 5) is 18.9. The Bertz CT molecular complexity index is 456. The van der Waals surface area contributed by atoms with Crippen LogP contribution in [0.1, 0.15) is 44.9 Å². The van der Waals surface area contributed by atoms with E-state index in [2.05, 4.69) is 15.2 Å². The SMILES string of the molecule is O=C(CC1CCCC1)NC1CCCN(c2ccccn2)C1. The topological polar surface area (TPSA) is 45.2 Å². The first-order valence-corrected chi connectivity index (χ1v) is 8.26. The fourth-order valence-electron chi connectivity index (χ4n) is 3.61. The molecule has 4 nitrogen and oxygen atoms in total. The van der Waals surface area contributed by atoms with E-state index in [1.54, 1.807) is 0 Å². The fourth-order valence-corrected chi connectivity index (χ4v) is 3.61. The Kier molecular flexibility index (Phi) is 4.73. The number of carbonyl (C=O) groups is 1. The number of piperidine rings is 1. The van der Waals surface area contributed by atoms with E-state index in [0.29, 0.717) is 5.92 Å². The third kappa shape index (κ3) is 3.96. The molecule has 1 atom stereocenters. The molecule has 2 fully saturated rings. The summed E-state index contributed by atoms with van der Waals surface area (Å²) in [7, 11) is 0. The number of carbonyl (C=O) groups excluding carboxylic acids is 1. The van der Waals surface area contributed by atoms with Gasteiger partial charge in [-0.05, 0) is 43.7 Å². The molecular formula is C17H25N3O. The maximum atomic E-state index is 12.2. The van der Waals surface area contributed by atoms with Crippen LogP contribution in [0.5, 0.6) is 0 Å². The normalized spacial score (nSPS) is 23.2. The summed E-state index contributed by atoms with van der Waals surface area (Å²) in [5.74, 6) is 1.89. The first-order valence-electron chi connectivity index (χ1n) is 8.26. The highest BCUT2D eigenvalue weighted by atomic mass is 16.1. The van der Waals surface area contributed by atoms with Crippen LogP contribution in [0.25, 0.3) is 0 Å². The maximum absolute atomic E-state index is 12.2. The number of anilines is 1. The van der Waals surface area contributed by atoms with E-state index in [-0.39, 0.29) is 11.9 Å². The van der Waals surface area contributed by atoms with Crippen molar-refractivity contribution in [2.24, 2.45) is 5.92 Å². The third-order valence-electron chi connectivity index (χ3n) is 4.71. The summed E-state index contributed by atoms with van der Waals surface area (Å²) in [5, 5.41) is 3.24. The Balaban J connectivity index is 1.50. The van der Waals surface area contributed by atoms with E-state index in [1.165, 1.54) is 25.7 Å². The van der Waals surface area contributed by atoms with Crippen molar-refractivity contribution in [3.8, 4) is 0 Å². The standard InChI is InChI=1S/C17H25N3O/c21-17(12-14-6-1-2-7-14)19-15-8-5-11-20(13-15)16-9-3-4-10-18-16/h3-4,9-10,14-15H,1-2,5-8,11-13H2,(H,19,21). The van der Waals surface area contributed by atoms with Crippen LogP contribution in [-0.4, -0.2) is 30.0 Å². The van der Waals surface area contributed by atoms with Crippen LogP contribution in [0.4, 0.5) is 5.82 Å². The molecule has 0 radical (unpaired) electrons. The number of amides is 1. The van der Waals surface area contributed by atoms with Crippen molar-refractivity contribution in [2.75, 3.05) is 18.0 Å². The summed E-state index contributed by atoms with van der Waals surface area (Å²) in [6.07, 6.45) is 9.82. The van der Waals surface area contributed by atoms with Crippen molar-refractivity contribution in [2.45, 2.75) is 51.0 Å². The zero-order valence-electron chi connectivity index (χ0n) is 12.6. The van der Waals surface area contributed by atoms with Gasteiger partial charge in [0, 0.05) is 31.7 Å². The molecule has 0 aromatic carbocycles. The number of nitrogens with zero attached hydrogens (tertiary/aromatic N) is 2. The zero-order chi connectivity index (χ0) is 14.5. The summed E-state index contributed by atoms with van der Waals surface area (Å²) >= 11 is 0. The van der Waals surface area contributed by atoms with Gasteiger partial charge in [0.05, 0.1) is 0 Å². The van der Waals surface area contributed by atoms with Crippen LogP contribution in [0.2, 0.25) is 0 Å². The number of hydrogen-bond donors (Lipinski definition) is 1. The Morgan fingerprint density at radius 3 is 2.86 bits per heavy atom. The number of nitrogens with one attached hydrogen (secondary N) is 1. The lowest BCUT2D eigenvalue weighted by Gasteiger charge is -2.34. The van der Waals surface area contributed by atoms with Crippen LogP contribution in [0, 0.1) is 5.92 Å². The molecule has 1 unspecified atom stereocenters. The van der Waals surface area contributed by atoms with Gasteiger partial charge < -0.3 is 10.2 Å². The van der Waals surface area contributed by atoms with Crippen molar-refractivity contribution >= 4 is 11.7 Å². The molecule has 1 saturated carbocycles. The molecule has 3 rings (SSSR count). The minimum atomic E-state index is 0.245. The van der Waals surface area contributed by atoms with Gasteiger partial charge in [-0.2, -0.15) is 0 Å². The molecule has 1 N–H and O–H groups in total. The van der Waals surface area contributed by atoms with Gasteiger partial charge in [-0.3, -0.25) is 4.79 Å². The zero-order valence-corrected chi connectivity index (χ0v) is 12.6. The average Bonchev–Trinajstić information content (AvgIpc) is 3.01. The Morgan fingerprint density at radius 2 is 2.10 bits per heavy atom. The lowest BCUT2D eigenvalue weighted by Crippen LogP contribution is -2.48. The van der Waals surface area contributed by atoms with Crippen LogP contribution >= 0.6 is 0 Å². The van der Waals surface area contributed by atoms with E-state index in [1.807, 2.05) is 24.4 Å². The molecule has 0 spiro atoms. The predicted molar refractivity (Wildman–Crippen MR) is 84.2 cm³/mol. The predicted octanol–water partition coefficient (Wildman–Crippen LogP) is 2.75. The number of aromatic nitrogens is 1. The van der Waals surface area contributed by atoms with E-state index >= 15 is 0 Å². The molecule has 1 saturated heterocycles. The minimum absolute atomic E-state index is 0.245. The molecule has 1 amide bonds. The molecule has 0 bridgehead atoms. The van der Waals surface area contributed by atoms with Crippen molar-refractivity contribution < 1.29 is 4.79 Å². The van der Waals surface area contributed by atoms with Crippen molar-refractivity contribution in [3.05, 3.63) is 24.4 Å². The van der Waals surface area contributed by atoms with Crippen LogP contribution in [0.3, 0.4) is 0 Å². The van der Waals surface area contributed by atoms with Crippen molar-refractivity contribution in [1.29, 1.82) is 0 Å². The highest BCUT2D eigenvalue weighted by molar-refractivity contribution is 5.76. The summed E-state index contributed by atoms with van der Waals surface area (Å²) in [6, 6.07) is 6.27. The second kappa shape index (κ2) is 6.92. The average molecular weight is 287 g/mol. The molecule has 1 aromatic heterocycles. The van der Waals surface area contributed by atoms with Gasteiger partial charge in [-0.15, -0.1) is 0 Å². The smallest absolute Gasteiger partial charge is 0.220 e. The summed E-state index contributed by atoms with van der Waals surface area (Å²) in [5.41, 5.74) is 0. The Hall–Kier alpha value is -1.58. The quantitative estimate of drug-likeness (QED) is 0.926. The summed E-state index contributed by atoms with van der Waals surface area (Å²) in [6.45, 7) is 1.92. The molecule has 1 aliphatic heterocycles. The largest absolute Gasteiger partial charge is 0.355 e. The van der Waals surface area contributed by atoms with Crippen LogP contribution < -0.4 is 10.2 Å². The highest BCUT2D eigenvalue weighted by Crippen LogP contribution is 2.27. The number of hydrogen-bond acceptors (Lipinski definition) is 3. The minimum Gasteiger partial charge on any atom is -0.355 e. The van der Waals surface area contributed by atoms with Gasteiger partial charge in [0.15, 0.2) is 0 Å². The van der Waals surface area contributed by atoms with E-state index in [9.17, 15) is 4.79 Å². The molecular weight excluding hydrogens is 262 g/mol. The van der Waals surface area contributed by atoms with Crippen molar-refractivity contribution in [3.63, 3.8) is 0 Å². The molecule has 4 heteroatoms. The van der Waals surface area contributed by atoms with E-state index in [4.69, 9.17) is 0 Å². The third-order valence-corrected chi connectivity index (χ3v) is 4.71. The highest BCUT2D eigenvalue weighted by Gasteiger charge is 2.24. The van der Waals surface area contributed by atoms with Crippen molar-refractivity contribution in [1.82, 2.24) is 10.3 Å². The van der Waals surface area contributed by atoms with Gasteiger partial charge in [-0.1, -0.05) is 18.9 Å². The molecule has 21 heavy (non-hydrogen) atoms. The fraction of sp³-hybridized carbons (Fsp3) is 0.647. The molecule has 2 aliphatic rings. The van der Waals surface area contributed by atoms with Gasteiger partial charge in [0.2, 0.25) is 5.91 Å². The second-order valence-electron chi connectivity index (χ2n) is 6.40. The first-order chi connectivity index (χ1) is 10.3. The lowest BCUT2D eigenvalue weighted by molar-refractivity contribution is -0.122. The van der Waals surface area contributed by atoms with Gasteiger partial charge in [0.25, 0.3) is 0 Å². The lowest BCUT2D eigenvalue weighted by atomic mass is 10.0. The van der Waals surface area contributed by atoms with Gasteiger partial charge in [0.1, 0.15) is 5.82 Å². The number of rotatable bonds is 4.